The Morgan fingerprint density at radius 2 is 1.70 bits per heavy atom. The number of benzene rings is 3. The number of aromatic carboxylic acids is 1. The molecule has 1 heterocycles. The van der Waals surface area contributed by atoms with Crippen LogP contribution in [0.25, 0.3) is 16.9 Å². The van der Waals surface area contributed by atoms with E-state index in [9.17, 15) is 9.90 Å². The molecule has 30 heavy (non-hydrogen) atoms. The molecule has 0 radical (unpaired) electrons. The van der Waals surface area contributed by atoms with E-state index in [0.29, 0.717) is 11.6 Å². The van der Waals surface area contributed by atoms with Crippen LogP contribution in [0.15, 0.2) is 84.9 Å². The highest BCUT2D eigenvalue weighted by atomic mass is 35.5. The molecule has 0 saturated carbocycles. The lowest BCUT2D eigenvalue weighted by atomic mass is 10.1. The van der Waals surface area contributed by atoms with Crippen LogP contribution in [0.5, 0.6) is 5.75 Å². The first kappa shape index (κ1) is 19.8. The second-order valence-electron chi connectivity index (χ2n) is 6.96. The first-order valence-electron chi connectivity index (χ1n) is 9.51. The molecule has 0 aliphatic rings. The smallest absolute Gasteiger partial charge is 0.335 e. The van der Waals surface area contributed by atoms with Gasteiger partial charge >= 0.3 is 5.97 Å². The van der Waals surface area contributed by atoms with Crippen molar-refractivity contribution in [2.75, 3.05) is 0 Å². The second-order valence-corrected chi connectivity index (χ2v) is 7.40. The zero-order chi connectivity index (χ0) is 21.1. The monoisotopic (exact) mass is 417 g/mol. The maximum atomic E-state index is 11.2. The highest BCUT2D eigenvalue weighted by Crippen LogP contribution is 2.36. The van der Waals surface area contributed by atoms with Gasteiger partial charge in [-0.25, -0.2) is 4.79 Å². The van der Waals surface area contributed by atoms with Crippen molar-refractivity contribution in [3.8, 4) is 22.7 Å². The Morgan fingerprint density at radius 1 is 0.967 bits per heavy atom. The van der Waals surface area contributed by atoms with Gasteiger partial charge in [-0.15, -0.1) is 0 Å². The molecule has 1 aromatic heterocycles. The summed E-state index contributed by atoms with van der Waals surface area (Å²) in [5.41, 5.74) is 5.00. The van der Waals surface area contributed by atoms with Gasteiger partial charge < -0.3 is 14.4 Å². The third-order valence-corrected chi connectivity index (χ3v) is 5.14. The summed E-state index contributed by atoms with van der Waals surface area (Å²) in [6.07, 6.45) is 0. The van der Waals surface area contributed by atoms with Gasteiger partial charge in [-0.1, -0.05) is 41.9 Å². The summed E-state index contributed by atoms with van der Waals surface area (Å²) >= 11 is 6.31. The maximum Gasteiger partial charge on any atom is 0.335 e. The van der Waals surface area contributed by atoms with E-state index in [4.69, 9.17) is 16.3 Å². The van der Waals surface area contributed by atoms with E-state index < -0.39 is 5.97 Å². The number of aromatic nitrogens is 1. The van der Waals surface area contributed by atoms with E-state index in [2.05, 4.69) is 4.57 Å². The average molecular weight is 418 g/mol. The third-order valence-electron chi connectivity index (χ3n) is 4.90. The lowest BCUT2D eigenvalue weighted by molar-refractivity contribution is 0.0697. The van der Waals surface area contributed by atoms with E-state index in [1.54, 1.807) is 24.3 Å². The number of ether oxygens (including phenoxy) is 1. The Morgan fingerprint density at radius 3 is 2.40 bits per heavy atom. The molecule has 0 aliphatic carbocycles. The zero-order valence-corrected chi connectivity index (χ0v) is 17.1. The Balaban J connectivity index is 1.74. The van der Waals surface area contributed by atoms with Crippen molar-refractivity contribution in [3.05, 3.63) is 107 Å². The van der Waals surface area contributed by atoms with Gasteiger partial charge in [-0.2, -0.15) is 0 Å². The fourth-order valence-corrected chi connectivity index (χ4v) is 3.58. The number of nitrogens with zero attached hydrogens (tertiary/aromatic N) is 1. The van der Waals surface area contributed by atoms with Crippen LogP contribution in [0.3, 0.4) is 0 Å². The molecular formula is C25H20ClNO3. The largest absolute Gasteiger partial charge is 0.488 e. The highest BCUT2D eigenvalue weighted by molar-refractivity contribution is 6.31. The van der Waals surface area contributed by atoms with Gasteiger partial charge in [0.15, 0.2) is 0 Å². The van der Waals surface area contributed by atoms with E-state index in [1.807, 2.05) is 67.6 Å². The van der Waals surface area contributed by atoms with Crippen molar-refractivity contribution in [2.45, 2.75) is 13.5 Å². The second kappa shape index (κ2) is 8.47. The Hall–Kier alpha value is -3.50. The molecule has 0 unspecified atom stereocenters. The van der Waals surface area contributed by atoms with Crippen molar-refractivity contribution in [1.82, 2.24) is 4.57 Å². The summed E-state index contributed by atoms with van der Waals surface area (Å²) in [5.74, 6) is -0.220. The van der Waals surface area contributed by atoms with Crippen LogP contribution in [-0.2, 0) is 6.61 Å². The van der Waals surface area contributed by atoms with Gasteiger partial charge in [0, 0.05) is 22.0 Å². The Labute approximate surface area is 179 Å². The molecule has 0 spiro atoms. The molecule has 1 N–H and O–H groups in total. The van der Waals surface area contributed by atoms with E-state index in [0.717, 1.165) is 34.0 Å². The molecule has 4 nitrogen and oxygen atoms in total. The van der Waals surface area contributed by atoms with Gasteiger partial charge in [0.25, 0.3) is 0 Å². The molecule has 0 saturated heterocycles. The van der Waals surface area contributed by atoms with Gasteiger partial charge in [0.2, 0.25) is 0 Å². The molecular weight excluding hydrogens is 398 g/mol. The Kier molecular flexibility index (Phi) is 5.59. The van der Waals surface area contributed by atoms with E-state index >= 15 is 0 Å². The van der Waals surface area contributed by atoms with Gasteiger partial charge in [0.1, 0.15) is 12.4 Å². The van der Waals surface area contributed by atoms with Crippen LogP contribution < -0.4 is 4.74 Å². The standard InChI is InChI=1S/C25H20ClNO3/c1-17-7-13-23(27(17)21-11-8-19(9-12-21)25(28)29)22-15-20(26)10-14-24(22)30-16-18-5-3-2-4-6-18/h2-15H,16H2,1H3,(H,28,29). The molecule has 4 rings (SSSR count). The lowest BCUT2D eigenvalue weighted by Gasteiger charge is -2.16. The van der Waals surface area contributed by atoms with Crippen molar-refractivity contribution in [2.24, 2.45) is 0 Å². The zero-order valence-electron chi connectivity index (χ0n) is 16.4. The molecule has 0 fully saturated rings. The summed E-state index contributed by atoms with van der Waals surface area (Å²) in [6, 6.07) is 26.4. The predicted molar refractivity (Wildman–Crippen MR) is 119 cm³/mol. The molecule has 0 aliphatic heterocycles. The summed E-state index contributed by atoms with van der Waals surface area (Å²) < 4.78 is 8.20. The van der Waals surface area contributed by atoms with Crippen LogP contribution in [-0.4, -0.2) is 15.6 Å². The SMILES string of the molecule is Cc1ccc(-c2cc(Cl)ccc2OCc2ccccc2)n1-c1ccc(C(=O)O)cc1. The first-order chi connectivity index (χ1) is 14.5. The fraction of sp³-hybridized carbons (Fsp3) is 0.0800. The minimum atomic E-state index is -0.947. The maximum absolute atomic E-state index is 11.2. The number of hydrogen-bond donors (Lipinski definition) is 1. The summed E-state index contributed by atoms with van der Waals surface area (Å²) in [7, 11) is 0. The van der Waals surface area contributed by atoms with E-state index in [-0.39, 0.29) is 5.56 Å². The minimum absolute atomic E-state index is 0.250. The third kappa shape index (κ3) is 4.09. The van der Waals surface area contributed by atoms with Crippen LogP contribution >= 0.6 is 11.6 Å². The molecule has 3 aromatic carbocycles. The number of carboxylic acids is 1. The number of carbonyl (C=O) groups is 1. The first-order valence-corrected chi connectivity index (χ1v) is 9.89. The van der Waals surface area contributed by atoms with E-state index in [1.165, 1.54) is 0 Å². The normalized spacial score (nSPS) is 10.7. The van der Waals surface area contributed by atoms with Gasteiger partial charge in [-0.3, -0.25) is 0 Å². The lowest BCUT2D eigenvalue weighted by Crippen LogP contribution is -2.03. The molecule has 0 bridgehead atoms. The van der Waals surface area contributed by atoms with Crippen molar-refractivity contribution in [3.63, 3.8) is 0 Å². The summed E-state index contributed by atoms with van der Waals surface area (Å²) in [5, 5.41) is 9.79. The highest BCUT2D eigenvalue weighted by Gasteiger charge is 2.15. The topological polar surface area (TPSA) is 51.5 Å². The van der Waals surface area contributed by atoms with Crippen LogP contribution in [0, 0.1) is 6.92 Å². The van der Waals surface area contributed by atoms with Crippen molar-refractivity contribution < 1.29 is 14.6 Å². The number of halogens is 1. The quantitative estimate of drug-likeness (QED) is 0.395. The number of hydrogen-bond acceptors (Lipinski definition) is 2. The number of aryl methyl sites for hydroxylation is 1. The summed E-state index contributed by atoms with van der Waals surface area (Å²) in [6.45, 7) is 2.45. The fourth-order valence-electron chi connectivity index (χ4n) is 3.41. The molecule has 4 aromatic rings. The number of carboxylic acid groups (broad SMARTS) is 1. The van der Waals surface area contributed by atoms with Crippen molar-refractivity contribution in [1.29, 1.82) is 0 Å². The minimum Gasteiger partial charge on any atom is -0.488 e. The number of rotatable bonds is 6. The van der Waals surface area contributed by atoms with Gasteiger partial charge in [0.05, 0.1) is 11.3 Å². The predicted octanol–water partition coefficient (Wildman–Crippen LogP) is 6.38. The van der Waals surface area contributed by atoms with Crippen LogP contribution in [0.2, 0.25) is 5.02 Å². The van der Waals surface area contributed by atoms with Crippen LogP contribution in [0.4, 0.5) is 0 Å². The molecule has 0 amide bonds. The van der Waals surface area contributed by atoms with Crippen molar-refractivity contribution >= 4 is 17.6 Å². The van der Waals surface area contributed by atoms with Gasteiger partial charge in [-0.05, 0) is 67.1 Å². The molecule has 0 atom stereocenters. The van der Waals surface area contributed by atoms with Crippen LogP contribution in [0.1, 0.15) is 21.6 Å². The average Bonchev–Trinajstić information content (AvgIpc) is 3.14. The molecule has 5 heteroatoms. The summed E-state index contributed by atoms with van der Waals surface area (Å²) in [4.78, 5) is 11.2. The Bertz CT molecular complexity index is 1180. The molecule has 150 valence electrons.